The van der Waals surface area contributed by atoms with Crippen LogP contribution in [-0.2, 0) is 4.79 Å². The van der Waals surface area contributed by atoms with E-state index in [9.17, 15) is 9.59 Å². The number of fused-ring (bicyclic) bond motifs is 4. The number of rotatable bonds is 4. The van der Waals surface area contributed by atoms with Crippen LogP contribution in [0.15, 0.2) is 87.6 Å². The van der Waals surface area contributed by atoms with E-state index in [-0.39, 0.29) is 17.2 Å². The molecule has 0 bridgehead atoms. The summed E-state index contributed by atoms with van der Waals surface area (Å²) in [5.41, 5.74) is 3.35. The molecule has 9 heteroatoms. The van der Waals surface area contributed by atoms with Crippen LogP contribution in [0, 0.1) is 6.92 Å². The van der Waals surface area contributed by atoms with Gasteiger partial charge in [0.1, 0.15) is 0 Å². The molecule has 0 radical (unpaired) electrons. The molecule has 7 nitrogen and oxygen atoms in total. The lowest BCUT2D eigenvalue weighted by Crippen LogP contribution is -2.36. The van der Waals surface area contributed by atoms with Crippen LogP contribution >= 0.6 is 23.5 Å². The first kappa shape index (κ1) is 21.9. The van der Waals surface area contributed by atoms with Crippen molar-refractivity contribution in [2.75, 3.05) is 23.0 Å². The number of hydrogen-bond donors (Lipinski definition) is 0. The normalized spacial score (nSPS) is 13.3. The summed E-state index contributed by atoms with van der Waals surface area (Å²) < 4.78 is 3.45. The molecule has 1 amide bonds. The summed E-state index contributed by atoms with van der Waals surface area (Å²) in [6.45, 7) is 2.68. The van der Waals surface area contributed by atoms with Crippen molar-refractivity contribution in [3.05, 3.63) is 88.7 Å². The zero-order valence-electron chi connectivity index (χ0n) is 18.9. The number of thioether (sulfide) groups is 2. The molecular formula is C26H21N5O2S2. The van der Waals surface area contributed by atoms with Crippen LogP contribution in [0.1, 0.15) is 5.56 Å². The van der Waals surface area contributed by atoms with Crippen LogP contribution < -0.4 is 10.5 Å². The molecule has 2 aromatic heterocycles. The summed E-state index contributed by atoms with van der Waals surface area (Å²) in [7, 11) is 0. The van der Waals surface area contributed by atoms with E-state index >= 15 is 0 Å². The Bertz CT molecular complexity index is 1640. The third-order valence-electron chi connectivity index (χ3n) is 6.04. The first-order chi connectivity index (χ1) is 17.1. The molecule has 0 unspecified atom stereocenters. The molecule has 6 rings (SSSR count). The van der Waals surface area contributed by atoms with Crippen LogP contribution in [0.2, 0.25) is 0 Å². The molecule has 3 aromatic carbocycles. The number of carbonyl (C=O) groups excluding carboxylic acids is 1. The first-order valence-electron chi connectivity index (χ1n) is 11.2. The van der Waals surface area contributed by atoms with Crippen molar-refractivity contribution in [2.45, 2.75) is 17.0 Å². The third kappa shape index (κ3) is 3.81. The summed E-state index contributed by atoms with van der Waals surface area (Å²) in [5.74, 6) is 1.54. The predicted molar refractivity (Wildman–Crippen MR) is 141 cm³/mol. The van der Waals surface area contributed by atoms with E-state index in [1.165, 1.54) is 11.8 Å². The topological polar surface area (TPSA) is 72.5 Å². The fourth-order valence-corrected chi connectivity index (χ4v) is 6.14. The maximum atomic E-state index is 13.4. The Morgan fingerprint density at radius 1 is 1.00 bits per heavy atom. The zero-order valence-corrected chi connectivity index (χ0v) is 20.6. The maximum Gasteiger partial charge on any atom is 0.267 e. The van der Waals surface area contributed by atoms with Crippen molar-refractivity contribution in [3.8, 4) is 5.69 Å². The highest BCUT2D eigenvalue weighted by atomic mass is 32.2. The van der Waals surface area contributed by atoms with E-state index in [0.717, 1.165) is 33.1 Å². The molecule has 1 aliphatic rings. The Labute approximate surface area is 209 Å². The van der Waals surface area contributed by atoms with Gasteiger partial charge in [0, 0.05) is 17.2 Å². The molecule has 3 heterocycles. The molecule has 0 fully saturated rings. The summed E-state index contributed by atoms with van der Waals surface area (Å²) in [4.78, 5) is 29.6. The van der Waals surface area contributed by atoms with Gasteiger partial charge in [0.25, 0.3) is 5.56 Å². The number of aryl methyl sites for hydroxylation is 1. The quantitative estimate of drug-likeness (QED) is 0.337. The van der Waals surface area contributed by atoms with Gasteiger partial charge in [-0.2, -0.15) is 0 Å². The second-order valence-electron chi connectivity index (χ2n) is 8.26. The van der Waals surface area contributed by atoms with Gasteiger partial charge in [0.2, 0.25) is 11.7 Å². The Morgan fingerprint density at radius 2 is 1.77 bits per heavy atom. The van der Waals surface area contributed by atoms with Crippen molar-refractivity contribution < 1.29 is 4.79 Å². The van der Waals surface area contributed by atoms with Gasteiger partial charge in [-0.25, -0.2) is 4.57 Å². The molecule has 0 N–H and O–H groups in total. The molecule has 174 valence electrons. The minimum Gasteiger partial charge on any atom is -0.310 e. The highest BCUT2D eigenvalue weighted by Gasteiger charge is 2.24. The summed E-state index contributed by atoms with van der Waals surface area (Å²) in [6, 6.07) is 23.2. The van der Waals surface area contributed by atoms with Gasteiger partial charge in [0.05, 0.1) is 28.0 Å². The zero-order chi connectivity index (χ0) is 23.9. The highest BCUT2D eigenvalue weighted by molar-refractivity contribution is 8.00. The number of hydrogen-bond acceptors (Lipinski definition) is 6. The van der Waals surface area contributed by atoms with Crippen molar-refractivity contribution in [2.24, 2.45) is 0 Å². The van der Waals surface area contributed by atoms with Crippen LogP contribution in [0.4, 0.5) is 5.69 Å². The van der Waals surface area contributed by atoms with E-state index in [1.807, 2.05) is 83.0 Å². The Kier molecular flexibility index (Phi) is 5.58. The van der Waals surface area contributed by atoms with Gasteiger partial charge in [-0.1, -0.05) is 53.7 Å². The minimum absolute atomic E-state index is 0.0238. The second-order valence-corrected chi connectivity index (χ2v) is 10.3. The van der Waals surface area contributed by atoms with Crippen LogP contribution in [0.3, 0.4) is 0 Å². The lowest BCUT2D eigenvalue weighted by atomic mass is 10.2. The number of carbonyl (C=O) groups is 1. The highest BCUT2D eigenvalue weighted by Crippen LogP contribution is 2.35. The van der Waals surface area contributed by atoms with Gasteiger partial charge in [0.15, 0.2) is 5.16 Å². The van der Waals surface area contributed by atoms with Gasteiger partial charge >= 0.3 is 0 Å². The lowest BCUT2D eigenvalue weighted by molar-refractivity contribution is -0.116. The fourth-order valence-electron chi connectivity index (χ4n) is 4.33. The molecule has 0 spiro atoms. The average Bonchev–Trinajstić information content (AvgIpc) is 3.32. The first-order valence-corrected chi connectivity index (χ1v) is 13.2. The standard InChI is InChI=1S/C26H21N5O2S2/c1-17-10-12-18(13-11-17)30-24(33)19-6-2-3-7-20(19)31-25(30)27-28-26(31)35-16-23(32)29-14-15-34-22-9-5-4-8-21(22)29/h2-13H,14-16H2,1H3. The van der Waals surface area contributed by atoms with E-state index in [1.54, 1.807) is 16.3 Å². The lowest BCUT2D eigenvalue weighted by Gasteiger charge is -2.28. The van der Waals surface area contributed by atoms with Crippen LogP contribution in [0.25, 0.3) is 22.4 Å². The van der Waals surface area contributed by atoms with Crippen LogP contribution in [-0.4, -0.2) is 43.1 Å². The van der Waals surface area contributed by atoms with Gasteiger partial charge < -0.3 is 4.90 Å². The van der Waals surface area contributed by atoms with Crippen molar-refractivity contribution in [3.63, 3.8) is 0 Å². The number of amides is 1. The summed E-state index contributed by atoms with van der Waals surface area (Å²) in [5, 5.41) is 9.91. The monoisotopic (exact) mass is 499 g/mol. The number of benzene rings is 3. The van der Waals surface area contributed by atoms with Crippen LogP contribution in [0.5, 0.6) is 0 Å². The number of aromatic nitrogens is 4. The summed E-state index contributed by atoms with van der Waals surface area (Å²) in [6.07, 6.45) is 0. The number of anilines is 1. The van der Waals surface area contributed by atoms with Crippen molar-refractivity contribution >= 4 is 51.8 Å². The maximum absolute atomic E-state index is 13.4. The van der Waals surface area contributed by atoms with Gasteiger partial charge in [-0.3, -0.25) is 14.0 Å². The van der Waals surface area contributed by atoms with Gasteiger partial charge in [-0.05, 0) is 43.3 Å². The molecule has 0 aliphatic carbocycles. The van der Waals surface area contributed by atoms with Crippen molar-refractivity contribution in [1.29, 1.82) is 0 Å². The number of nitrogens with zero attached hydrogens (tertiary/aromatic N) is 5. The van der Waals surface area contributed by atoms with E-state index in [2.05, 4.69) is 16.3 Å². The fraction of sp³-hybridized carbons (Fsp3) is 0.154. The SMILES string of the molecule is Cc1ccc(-n2c(=O)c3ccccc3n3c(SCC(=O)N4CCSc5ccccc54)nnc23)cc1. The molecular weight excluding hydrogens is 478 g/mol. The molecule has 35 heavy (non-hydrogen) atoms. The average molecular weight is 500 g/mol. The Balaban J connectivity index is 1.41. The predicted octanol–water partition coefficient (Wildman–Crippen LogP) is 4.57. The molecule has 5 aromatic rings. The van der Waals surface area contributed by atoms with Gasteiger partial charge in [-0.15, -0.1) is 22.0 Å². The molecule has 0 atom stereocenters. The largest absolute Gasteiger partial charge is 0.310 e. The minimum atomic E-state index is -0.153. The Hall–Kier alpha value is -3.56. The Morgan fingerprint density at radius 3 is 2.63 bits per heavy atom. The third-order valence-corrected chi connectivity index (χ3v) is 8.00. The van der Waals surface area contributed by atoms with E-state index in [4.69, 9.17) is 0 Å². The number of para-hydroxylation sites is 2. The molecule has 0 saturated carbocycles. The second kappa shape index (κ2) is 8.90. The van der Waals surface area contributed by atoms with E-state index < -0.39 is 0 Å². The molecule has 0 saturated heterocycles. The summed E-state index contributed by atoms with van der Waals surface area (Å²) >= 11 is 3.11. The molecule has 1 aliphatic heterocycles. The van der Waals surface area contributed by atoms with E-state index in [0.29, 0.717) is 22.9 Å². The smallest absolute Gasteiger partial charge is 0.267 e. The van der Waals surface area contributed by atoms with Crippen molar-refractivity contribution in [1.82, 2.24) is 19.2 Å².